The van der Waals surface area contributed by atoms with Gasteiger partial charge in [-0.2, -0.15) is 5.26 Å². The number of hydrogen-bond donors (Lipinski definition) is 2. The highest BCUT2D eigenvalue weighted by molar-refractivity contribution is 5.26. The van der Waals surface area contributed by atoms with E-state index in [1.54, 1.807) is 12.1 Å². The second-order valence-corrected chi connectivity index (χ2v) is 5.28. The molecule has 0 aromatic heterocycles. The Morgan fingerprint density at radius 3 is 2.35 bits per heavy atom. The van der Waals surface area contributed by atoms with Gasteiger partial charge in [0.15, 0.2) is 0 Å². The van der Waals surface area contributed by atoms with E-state index in [-0.39, 0.29) is 17.3 Å². The van der Waals surface area contributed by atoms with E-state index < -0.39 is 0 Å². The lowest BCUT2D eigenvalue weighted by Crippen LogP contribution is -2.43. The molecule has 0 aliphatic carbocycles. The van der Waals surface area contributed by atoms with Gasteiger partial charge in [0.05, 0.1) is 12.1 Å². The molecule has 1 atom stereocenters. The van der Waals surface area contributed by atoms with Crippen LogP contribution in [0.15, 0.2) is 24.3 Å². The molecule has 3 heteroatoms. The van der Waals surface area contributed by atoms with Crippen LogP contribution >= 0.6 is 0 Å². The van der Waals surface area contributed by atoms with Gasteiger partial charge in [-0.25, -0.2) is 0 Å². The molecule has 0 fully saturated rings. The molecule has 0 saturated carbocycles. The lowest BCUT2D eigenvalue weighted by Gasteiger charge is -2.24. The highest BCUT2D eigenvalue weighted by Crippen LogP contribution is 2.12. The van der Waals surface area contributed by atoms with Crippen molar-refractivity contribution in [2.75, 3.05) is 0 Å². The highest BCUT2D eigenvalue weighted by atomic mass is 16.3. The van der Waals surface area contributed by atoms with Gasteiger partial charge in [0.25, 0.3) is 0 Å². The zero-order chi connectivity index (χ0) is 12.9. The van der Waals surface area contributed by atoms with Crippen molar-refractivity contribution in [1.29, 1.82) is 5.26 Å². The topological polar surface area (TPSA) is 56.0 Å². The van der Waals surface area contributed by atoms with E-state index in [1.165, 1.54) is 0 Å². The number of aromatic hydroxyl groups is 1. The summed E-state index contributed by atoms with van der Waals surface area (Å²) in [5.41, 5.74) is 1.09. The minimum atomic E-state index is -0.135. The summed E-state index contributed by atoms with van der Waals surface area (Å²) in [6.07, 6.45) is 1.61. The van der Waals surface area contributed by atoms with E-state index in [0.29, 0.717) is 0 Å². The van der Waals surface area contributed by atoms with Crippen molar-refractivity contribution in [3.05, 3.63) is 29.8 Å². The molecule has 0 aliphatic heterocycles. The summed E-state index contributed by atoms with van der Waals surface area (Å²) in [6.45, 7) is 6.16. The van der Waals surface area contributed by atoms with Gasteiger partial charge in [-0.15, -0.1) is 0 Å². The molecular weight excluding hydrogens is 212 g/mol. The molecule has 1 aromatic rings. The van der Waals surface area contributed by atoms with Crippen LogP contribution in [0.2, 0.25) is 0 Å². The quantitative estimate of drug-likeness (QED) is 0.839. The van der Waals surface area contributed by atoms with Crippen molar-refractivity contribution >= 4 is 0 Å². The Kier molecular flexibility index (Phi) is 4.53. The van der Waals surface area contributed by atoms with E-state index >= 15 is 0 Å². The molecule has 0 heterocycles. The standard InChI is InChI=1S/C14H20N2O/c1-14(2,3)16-12(10-15)7-4-11-5-8-13(17)9-6-11/h5-6,8-9,12,16-17H,4,7H2,1-3H3. The van der Waals surface area contributed by atoms with Crippen LogP contribution in [0, 0.1) is 11.3 Å². The van der Waals surface area contributed by atoms with E-state index in [2.05, 4.69) is 32.2 Å². The monoisotopic (exact) mass is 232 g/mol. The third-order valence-corrected chi connectivity index (χ3v) is 2.42. The Bertz CT molecular complexity index is 384. The van der Waals surface area contributed by atoms with Crippen molar-refractivity contribution < 1.29 is 5.11 Å². The SMILES string of the molecule is CC(C)(C)NC(C#N)CCc1ccc(O)cc1. The first-order valence-corrected chi connectivity index (χ1v) is 5.86. The third-order valence-electron chi connectivity index (χ3n) is 2.42. The minimum Gasteiger partial charge on any atom is -0.508 e. The van der Waals surface area contributed by atoms with Crippen LogP contribution in [-0.4, -0.2) is 16.7 Å². The zero-order valence-electron chi connectivity index (χ0n) is 10.7. The number of aryl methyl sites for hydroxylation is 1. The predicted octanol–water partition coefficient (Wildman–Crippen LogP) is 2.61. The third kappa shape index (κ3) is 5.37. The molecule has 0 saturated heterocycles. The smallest absolute Gasteiger partial charge is 0.115 e. The Balaban J connectivity index is 2.49. The Hall–Kier alpha value is -1.53. The fourth-order valence-corrected chi connectivity index (χ4v) is 1.67. The molecule has 0 radical (unpaired) electrons. The summed E-state index contributed by atoms with van der Waals surface area (Å²) in [6, 6.07) is 9.27. The van der Waals surface area contributed by atoms with Gasteiger partial charge in [-0.1, -0.05) is 12.1 Å². The fraction of sp³-hybridized carbons (Fsp3) is 0.500. The number of nitrogens with one attached hydrogen (secondary N) is 1. The van der Waals surface area contributed by atoms with Crippen molar-refractivity contribution in [2.24, 2.45) is 0 Å². The van der Waals surface area contributed by atoms with Crippen LogP contribution in [-0.2, 0) is 6.42 Å². The van der Waals surface area contributed by atoms with E-state index in [9.17, 15) is 0 Å². The maximum Gasteiger partial charge on any atom is 0.115 e. The molecule has 0 spiro atoms. The molecular formula is C14H20N2O. The number of rotatable bonds is 4. The summed E-state index contributed by atoms with van der Waals surface area (Å²) in [5, 5.41) is 21.5. The predicted molar refractivity (Wildman–Crippen MR) is 68.7 cm³/mol. The number of phenols is 1. The summed E-state index contributed by atoms with van der Waals surface area (Å²) in [5.74, 6) is 0.276. The molecule has 1 rings (SSSR count). The lowest BCUT2D eigenvalue weighted by molar-refractivity contribution is 0.384. The van der Waals surface area contributed by atoms with E-state index in [4.69, 9.17) is 10.4 Å². The van der Waals surface area contributed by atoms with Gasteiger partial charge in [-0.3, -0.25) is 5.32 Å². The molecule has 3 nitrogen and oxygen atoms in total. The first-order chi connectivity index (χ1) is 7.90. The van der Waals surface area contributed by atoms with Gasteiger partial charge in [0.1, 0.15) is 5.75 Å². The summed E-state index contributed by atoms with van der Waals surface area (Å²) in [4.78, 5) is 0. The van der Waals surface area contributed by atoms with Crippen LogP contribution in [0.3, 0.4) is 0 Å². The number of benzene rings is 1. The van der Waals surface area contributed by atoms with Crippen molar-refractivity contribution in [1.82, 2.24) is 5.32 Å². The Labute approximate surface area is 103 Å². The first kappa shape index (κ1) is 13.5. The zero-order valence-corrected chi connectivity index (χ0v) is 10.7. The molecule has 0 aliphatic rings. The van der Waals surface area contributed by atoms with E-state index in [1.807, 2.05) is 12.1 Å². The average Bonchev–Trinajstić information content (AvgIpc) is 2.25. The molecule has 1 aromatic carbocycles. The van der Waals surface area contributed by atoms with Crippen LogP contribution in [0.5, 0.6) is 5.75 Å². The van der Waals surface area contributed by atoms with Gasteiger partial charge in [0.2, 0.25) is 0 Å². The second-order valence-electron chi connectivity index (χ2n) is 5.28. The van der Waals surface area contributed by atoms with Gasteiger partial charge < -0.3 is 5.11 Å². The second kappa shape index (κ2) is 5.70. The highest BCUT2D eigenvalue weighted by Gasteiger charge is 2.16. The molecule has 1 unspecified atom stereocenters. The van der Waals surface area contributed by atoms with Gasteiger partial charge >= 0.3 is 0 Å². The van der Waals surface area contributed by atoms with Crippen LogP contribution < -0.4 is 5.32 Å². The maximum atomic E-state index is 9.17. The molecule has 2 N–H and O–H groups in total. The number of nitrogens with zero attached hydrogens (tertiary/aromatic N) is 1. The Morgan fingerprint density at radius 2 is 1.88 bits per heavy atom. The first-order valence-electron chi connectivity index (χ1n) is 5.86. The number of nitriles is 1. The van der Waals surface area contributed by atoms with E-state index in [0.717, 1.165) is 18.4 Å². The molecule has 92 valence electrons. The minimum absolute atomic E-state index is 0.0463. The largest absolute Gasteiger partial charge is 0.508 e. The average molecular weight is 232 g/mol. The van der Waals surface area contributed by atoms with Gasteiger partial charge in [-0.05, 0) is 51.3 Å². The number of hydrogen-bond acceptors (Lipinski definition) is 3. The normalized spacial score (nSPS) is 13.1. The lowest BCUT2D eigenvalue weighted by atomic mass is 10.0. The summed E-state index contributed by atoms with van der Waals surface area (Å²) in [7, 11) is 0. The van der Waals surface area contributed by atoms with Crippen LogP contribution in [0.1, 0.15) is 32.8 Å². The van der Waals surface area contributed by atoms with Crippen molar-refractivity contribution in [3.8, 4) is 11.8 Å². The maximum absolute atomic E-state index is 9.17. The fourth-order valence-electron chi connectivity index (χ4n) is 1.67. The molecule has 0 amide bonds. The van der Waals surface area contributed by atoms with Crippen molar-refractivity contribution in [3.63, 3.8) is 0 Å². The van der Waals surface area contributed by atoms with Crippen LogP contribution in [0.4, 0.5) is 0 Å². The molecule has 0 bridgehead atoms. The van der Waals surface area contributed by atoms with Crippen molar-refractivity contribution in [2.45, 2.75) is 45.2 Å². The Morgan fingerprint density at radius 1 is 1.29 bits per heavy atom. The molecule has 17 heavy (non-hydrogen) atoms. The number of phenolic OH excluding ortho intramolecular Hbond substituents is 1. The summed E-state index contributed by atoms with van der Waals surface area (Å²) < 4.78 is 0. The van der Waals surface area contributed by atoms with Gasteiger partial charge in [0, 0.05) is 5.54 Å². The van der Waals surface area contributed by atoms with Crippen LogP contribution in [0.25, 0.3) is 0 Å². The summed E-state index contributed by atoms with van der Waals surface area (Å²) >= 11 is 0.